The van der Waals surface area contributed by atoms with E-state index in [9.17, 15) is 19.8 Å². The first-order valence-corrected chi connectivity index (χ1v) is 9.92. The van der Waals surface area contributed by atoms with Gasteiger partial charge in [-0.1, -0.05) is 27.4 Å². The lowest BCUT2D eigenvalue weighted by Crippen LogP contribution is -2.55. The Morgan fingerprint density at radius 3 is 2.54 bits per heavy atom. The van der Waals surface area contributed by atoms with Gasteiger partial charge in [-0.05, 0) is 53.9 Å². The molecule has 3 N–H and O–H groups in total. The highest BCUT2D eigenvalue weighted by atomic mass is 35.5. The highest BCUT2D eigenvalue weighted by molar-refractivity contribution is 6.20. The Morgan fingerprint density at radius 1 is 1.31 bits per heavy atom. The predicted molar refractivity (Wildman–Crippen MR) is 99.4 cm³/mol. The summed E-state index contributed by atoms with van der Waals surface area (Å²) in [4.78, 5) is 23.4. The van der Waals surface area contributed by atoms with Gasteiger partial charge in [0.1, 0.15) is 0 Å². The molecule has 1 unspecified atom stereocenters. The van der Waals surface area contributed by atoms with Crippen molar-refractivity contribution < 1.29 is 19.8 Å². The Kier molecular flexibility index (Phi) is 5.04. The van der Waals surface area contributed by atoms with Crippen LogP contribution in [-0.2, 0) is 9.59 Å². The SMILES string of the molecule is C=C1C(C[C@H](O)[C@H]2CC(=O)NC2=O)[C@@]2(C)C[C@@H](Cl)CC(C)(C)[C@@H]2C[C@@H]1O. The van der Waals surface area contributed by atoms with Gasteiger partial charge in [0, 0.05) is 11.8 Å². The molecule has 0 bridgehead atoms. The van der Waals surface area contributed by atoms with Crippen LogP contribution in [0.25, 0.3) is 0 Å². The van der Waals surface area contributed by atoms with E-state index < -0.39 is 24.0 Å². The van der Waals surface area contributed by atoms with Crippen LogP contribution < -0.4 is 5.32 Å². The van der Waals surface area contributed by atoms with Gasteiger partial charge in [-0.2, -0.15) is 0 Å². The Bertz CT molecular complexity index is 633. The van der Waals surface area contributed by atoms with Crippen molar-refractivity contribution in [3.05, 3.63) is 12.2 Å². The second kappa shape index (κ2) is 6.61. The summed E-state index contributed by atoms with van der Waals surface area (Å²) in [6, 6.07) is 0. The van der Waals surface area contributed by atoms with Gasteiger partial charge in [0.2, 0.25) is 11.8 Å². The second-order valence-electron chi connectivity index (χ2n) is 9.46. The molecule has 7 atom stereocenters. The van der Waals surface area contributed by atoms with Gasteiger partial charge < -0.3 is 10.2 Å². The molecule has 2 aliphatic carbocycles. The Morgan fingerprint density at radius 2 is 1.96 bits per heavy atom. The molecule has 6 heteroatoms. The van der Waals surface area contributed by atoms with E-state index >= 15 is 0 Å². The summed E-state index contributed by atoms with van der Waals surface area (Å²) in [5.74, 6) is -1.37. The van der Waals surface area contributed by atoms with Gasteiger partial charge in [-0.25, -0.2) is 0 Å². The highest BCUT2D eigenvalue weighted by Gasteiger charge is 2.57. The number of amides is 2. The van der Waals surface area contributed by atoms with E-state index in [1.54, 1.807) is 0 Å². The second-order valence-corrected chi connectivity index (χ2v) is 10.1. The van der Waals surface area contributed by atoms with Crippen LogP contribution in [0.15, 0.2) is 12.2 Å². The Balaban J connectivity index is 1.89. The number of carbonyl (C=O) groups excluding carboxylic acids is 2. The summed E-state index contributed by atoms with van der Waals surface area (Å²) in [7, 11) is 0. The van der Waals surface area contributed by atoms with Crippen molar-refractivity contribution in [1.29, 1.82) is 0 Å². The first-order chi connectivity index (χ1) is 12.0. The summed E-state index contributed by atoms with van der Waals surface area (Å²) in [6.45, 7) is 10.7. The summed E-state index contributed by atoms with van der Waals surface area (Å²) in [5.41, 5.74) is 0.490. The van der Waals surface area contributed by atoms with Crippen LogP contribution >= 0.6 is 11.6 Å². The molecule has 2 saturated carbocycles. The molecule has 2 amide bonds. The molecule has 0 aromatic rings. The summed E-state index contributed by atoms with van der Waals surface area (Å²) >= 11 is 6.60. The monoisotopic (exact) mass is 383 g/mol. The standard InChI is InChI=1S/C20H30ClNO4/c1-10-13(6-15(24)12-5-17(25)22-18(12)26)20(4)9-11(21)8-19(2,3)16(20)7-14(10)23/h11-16,23-24H,1,5-9H2,2-4H3,(H,22,25,26)/t11-,12+,13?,14-,15-,16-,20+/m0/s1. The van der Waals surface area contributed by atoms with Gasteiger partial charge in [-0.15, -0.1) is 11.6 Å². The molecule has 3 fully saturated rings. The minimum atomic E-state index is -0.940. The van der Waals surface area contributed by atoms with Gasteiger partial charge in [0.05, 0.1) is 18.1 Å². The molecule has 0 aromatic heterocycles. The lowest BCUT2D eigenvalue weighted by Gasteiger charge is -2.60. The van der Waals surface area contributed by atoms with Crippen LogP contribution in [0.4, 0.5) is 0 Å². The number of aliphatic hydroxyl groups excluding tert-OH is 2. The van der Waals surface area contributed by atoms with Crippen LogP contribution in [-0.4, -0.2) is 39.6 Å². The van der Waals surface area contributed by atoms with Crippen LogP contribution in [0.2, 0.25) is 0 Å². The number of rotatable bonds is 3. The van der Waals surface area contributed by atoms with E-state index in [4.69, 9.17) is 11.6 Å². The van der Waals surface area contributed by atoms with Crippen LogP contribution in [0, 0.1) is 28.6 Å². The minimum Gasteiger partial charge on any atom is -0.392 e. The maximum Gasteiger partial charge on any atom is 0.232 e. The third kappa shape index (κ3) is 3.23. The maximum atomic E-state index is 11.9. The molecule has 3 rings (SSSR count). The van der Waals surface area contributed by atoms with E-state index in [0.717, 1.165) is 12.8 Å². The zero-order chi connectivity index (χ0) is 19.4. The summed E-state index contributed by atoms with van der Waals surface area (Å²) < 4.78 is 0. The van der Waals surface area contributed by atoms with Crippen molar-refractivity contribution in [3.63, 3.8) is 0 Å². The van der Waals surface area contributed by atoms with Crippen molar-refractivity contribution in [2.75, 3.05) is 0 Å². The van der Waals surface area contributed by atoms with Gasteiger partial charge >= 0.3 is 0 Å². The third-order valence-electron chi connectivity index (χ3n) is 7.23. The molecular formula is C20H30ClNO4. The minimum absolute atomic E-state index is 0.0194. The molecule has 0 spiro atoms. The van der Waals surface area contributed by atoms with Crippen molar-refractivity contribution in [2.24, 2.45) is 28.6 Å². The van der Waals surface area contributed by atoms with Crippen LogP contribution in [0.3, 0.4) is 0 Å². The fourth-order valence-corrected chi connectivity index (χ4v) is 6.74. The number of hydrogen-bond donors (Lipinski definition) is 3. The molecular weight excluding hydrogens is 354 g/mol. The highest BCUT2D eigenvalue weighted by Crippen LogP contribution is 2.62. The largest absolute Gasteiger partial charge is 0.392 e. The fourth-order valence-electron chi connectivity index (χ4n) is 6.01. The maximum absolute atomic E-state index is 11.9. The van der Waals surface area contributed by atoms with Gasteiger partial charge in [0.15, 0.2) is 0 Å². The zero-order valence-electron chi connectivity index (χ0n) is 15.8. The number of aliphatic hydroxyl groups is 2. The summed E-state index contributed by atoms with van der Waals surface area (Å²) in [6.07, 6.45) is 1.12. The Hall–Kier alpha value is -0.910. The number of nitrogens with one attached hydrogen (secondary N) is 1. The number of hydrogen-bond acceptors (Lipinski definition) is 4. The van der Waals surface area contributed by atoms with Crippen molar-refractivity contribution in [1.82, 2.24) is 5.32 Å². The number of imide groups is 1. The fraction of sp³-hybridized carbons (Fsp3) is 0.800. The molecule has 1 heterocycles. The van der Waals surface area contributed by atoms with E-state index in [1.165, 1.54) is 0 Å². The van der Waals surface area contributed by atoms with E-state index in [2.05, 4.69) is 32.7 Å². The smallest absolute Gasteiger partial charge is 0.232 e. The lowest BCUT2D eigenvalue weighted by molar-refractivity contribution is -0.128. The predicted octanol–water partition coefficient (Wildman–Crippen LogP) is 2.39. The first-order valence-electron chi connectivity index (χ1n) is 9.48. The van der Waals surface area contributed by atoms with Crippen LogP contribution in [0.5, 0.6) is 0 Å². The summed E-state index contributed by atoms with van der Waals surface area (Å²) in [5, 5.41) is 23.6. The van der Waals surface area contributed by atoms with E-state index in [0.29, 0.717) is 18.4 Å². The molecule has 0 aromatic carbocycles. The van der Waals surface area contributed by atoms with E-state index in [1.807, 2.05) is 0 Å². The molecule has 1 saturated heterocycles. The molecule has 26 heavy (non-hydrogen) atoms. The van der Waals surface area contributed by atoms with Crippen molar-refractivity contribution in [2.45, 2.75) is 70.5 Å². The molecule has 146 valence electrons. The number of fused-ring (bicyclic) bond motifs is 1. The number of carbonyl (C=O) groups is 2. The lowest BCUT2D eigenvalue weighted by atomic mass is 9.46. The van der Waals surface area contributed by atoms with E-state index in [-0.39, 0.29) is 40.4 Å². The van der Waals surface area contributed by atoms with Gasteiger partial charge in [-0.3, -0.25) is 14.9 Å². The molecule has 5 nitrogen and oxygen atoms in total. The first kappa shape index (κ1) is 19.8. The van der Waals surface area contributed by atoms with Crippen LogP contribution in [0.1, 0.15) is 52.9 Å². The third-order valence-corrected chi connectivity index (χ3v) is 7.53. The molecule has 3 aliphatic rings. The zero-order valence-corrected chi connectivity index (χ0v) is 16.6. The molecule has 0 radical (unpaired) electrons. The quantitative estimate of drug-likeness (QED) is 0.396. The van der Waals surface area contributed by atoms with Crippen molar-refractivity contribution >= 4 is 23.4 Å². The average molecular weight is 384 g/mol. The normalized spacial score (nSPS) is 43.8. The number of halogens is 1. The van der Waals surface area contributed by atoms with Gasteiger partial charge in [0.25, 0.3) is 0 Å². The van der Waals surface area contributed by atoms with Crippen molar-refractivity contribution in [3.8, 4) is 0 Å². The Labute approximate surface area is 160 Å². The molecule has 1 aliphatic heterocycles. The number of alkyl halides is 1. The topological polar surface area (TPSA) is 86.6 Å². The average Bonchev–Trinajstić information content (AvgIpc) is 2.84.